The summed E-state index contributed by atoms with van der Waals surface area (Å²) in [5, 5.41) is 9.89. The molecule has 0 radical (unpaired) electrons. The number of phenols is 1. The molecule has 0 heterocycles. The Bertz CT molecular complexity index is 340. The van der Waals surface area contributed by atoms with Gasteiger partial charge in [-0.2, -0.15) is 0 Å². The molecular weight excluding hydrogens is 291 g/mol. The average molecular weight is 306 g/mol. The first kappa shape index (κ1) is 11.6. The minimum absolute atomic E-state index is 0.0709. The first-order valence-electron chi connectivity index (χ1n) is 4.43. The molecule has 78 valence electrons. The summed E-state index contributed by atoms with van der Waals surface area (Å²) in [6.07, 6.45) is 0. The van der Waals surface area contributed by atoms with Gasteiger partial charge in [-0.3, -0.25) is 0 Å². The van der Waals surface area contributed by atoms with E-state index >= 15 is 0 Å². The largest absolute Gasteiger partial charge is 0.507 e. The van der Waals surface area contributed by atoms with Crippen molar-refractivity contribution in [1.29, 1.82) is 0 Å². The summed E-state index contributed by atoms with van der Waals surface area (Å²) in [4.78, 5) is 0. The molecule has 3 heteroatoms. The third-order valence-electron chi connectivity index (χ3n) is 2.08. The zero-order chi connectivity index (χ0) is 10.9. The van der Waals surface area contributed by atoms with Crippen LogP contribution in [-0.2, 0) is 5.41 Å². The Hall–Kier alpha value is -0.450. The molecule has 0 unspecified atom stereocenters. The van der Waals surface area contributed by atoms with E-state index in [2.05, 4.69) is 43.4 Å². The molecule has 0 atom stereocenters. The van der Waals surface area contributed by atoms with Gasteiger partial charge in [0.05, 0.1) is 10.7 Å². The molecule has 0 spiro atoms. The van der Waals surface area contributed by atoms with Crippen LogP contribution in [0, 0.1) is 3.57 Å². The monoisotopic (exact) mass is 306 g/mol. The molecule has 14 heavy (non-hydrogen) atoms. The van der Waals surface area contributed by atoms with E-state index in [1.807, 2.05) is 12.1 Å². The highest BCUT2D eigenvalue weighted by Gasteiger charge is 2.20. The summed E-state index contributed by atoms with van der Waals surface area (Å²) in [5.41, 5.74) is 0.847. The third kappa shape index (κ3) is 2.32. The van der Waals surface area contributed by atoms with Crippen molar-refractivity contribution in [3.8, 4) is 11.5 Å². The van der Waals surface area contributed by atoms with Crippen LogP contribution >= 0.6 is 22.6 Å². The Morgan fingerprint density at radius 1 is 1.29 bits per heavy atom. The van der Waals surface area contributed by atoms with E-state index < -0.39 is 0 Å². The van der Waals surface area contributed by atoms with Gasteiger partial charge in [0.1, 0.15) is 11.5 Å². The average Bonchev–Trinajstić information content (AvgIpc) is 2.07. The van der Waals surface area contributed by atoms with Crippen molar-refractivity contribution in [1.82, 2.24) is 0 Å². The summed E-state index contributed by atoms with van der Waals surface area (Å²) in [6.45, 7) is 6.20. The molecule has 0 aliphatic rings. The lowest BCUT2D eigenvalue weighted by Crippen LogP contribution is -2.12. The molecule has 1 aromatic rings. The highest BCUT2D eigenvalue weighted by Crippen LogP contribution is 2.37. The molecule has 1 rings (SSSR count). The van der Waals surface area contributed by atoms with Crippen LogP contribution in [0.1, 0.15) is 26.3 Å². The van der Waals surface area contributed by atoms with Crippen LogP contribution in [0.25, 0.3) is 0 Å². The molecular formula is C11H15IO2. The van der Waals surface area contributed by atoms with E-state index in [0.29, 0.717) is 5.75 Å². The van der Waals surface area contributed by atoms with Crippen LogP contribution in [0.2, 0.25) is 0 Å². The number of hydrogen-bond acceptors (Lipinski definition) is 2. The second kappa shape index (κ2) is 3.96. The Morgan fingerprint density at radius 2 is 1.86 bits per heavy atom. The van der Waals surface area contributed by atoms with Crippen molar-refractivity contribution < 1.29 is 9.84 Å². The van der Waals surface area contributed by atoms with Gasteiger partial charge in [0.15, 0.2) is 0 Å². The molecule has 0 fully saturated rings. The maximum Gasteiger partial charge on any atom is 0.132 e. The predicted molar refractivity (Wildman–Crippen MR) is 66.1 cm³/mol. The standard InChI is InChI=1S/C11H15IO2/c1-11(2,3)8-5-7(14-4)6-9(12)10(8)13/h5-6,13H,1-4H3. The Balaban J connectivity index is 3.35. The zero-order valence-corrected chi connectivity index (χ0v) is 11.0. The minimum Gasteiger partial charge on any atom is -0.507 e. The van der Waals surface area contributed by atoms with Crippen LogP contribution in [-0.4, -0.2) is 12.2 Å². The molecule has 0 saturated heterocycles. The van der Waals surface area contributed by atoms with Crippen LogP contribution in [0.3, 0.4) is 0 Å². The molecule has 1 aromatic carbocycles. The molecule has 0 bridgehead atoms. The Kier molecular flexibility index (Phi) is 3.29. The van der Waals surface area contributed by atoms with Crippen LogP contribution in [0.15, 0.2) is 12.1 Å². The van der Waals surface area contributed by atoms with Crippen molar-refractivity contribution in [2.75, 3.05) is 7.11 Å². The topological polar surface area (TPSA) is 29.5 Å². The van der Waals surface area contributed by atoms with Gasteiger partial charge in [0.25, 0.3) is 0 Å². The van der Waals surface area contributed by atoms with Gasteiger partial charge in [-0.15, -0.1) is 0 Å². The first-order valence-corrected chi connectivity index (χ1v) is 5.51. The minimum atomic E-state index is -0.0709. The zero-order valence-electron chi connectivity index (χ0n) is 8.89. The Labute approximate surface area is 98.4 Å². The van der Waals surface area contributed by atoms with Crippen LogP contribution < -0.4 is 4.74 Å². The van der Waals surface area contributed by atoms with Crippen molar-refractivity contribution in [3.05, 3.63) is 21.3 Å². The number of aromatic hydroxyl groups is 1. The SMILES string of the molecule is COc1cc(I)c(O)c(C(C)(C)C)c1. The molecule has 2 nitrogen and oxygen atoms in total. The third-order valence-corrected chi connectivity index (χ3v) is 2.90. The van der Waals surface area contributed by atoms with E-state index in [9.17, 15) is 5.11 Å². The lowest BCUT2D eigenvalue weighted by molar-refractivity contribution is 0.404. The molecule has 0 amide bonds. The van der Waals surface area contributed by atoms with Gasteiger partial charge in [0.2, 0.25) is 0 Å². The summed E-state index contributed by atoms with van der Waals surface area (Å²) in [7, 11) is 1.63. The number of ether oxygens (including phenoxy) is 1. The number of methoxy groups -OCH3 is 1. The fourth-order valence-corrected chi connectivity index (χ4v) is 1.86. The molecule has 1 N–H and O–H groups in total. The Morgan fingerprint density at radius 3 is 2.29 bits per heavy atom. The normalized spacial score (nSPS) is 11.5. The van der Waals surface area contributed by atoms with Crippen molar-refractivity contribution in [2.24, 2.45) is 0 Å². The lowest BCUT2D eigenvalue weighted by Gasteiger charge is -2.21. The molecule has 0 saturated carbocycles. The summed E-state index contributed by atoms with van der Waals surface area (Å²) in [6, 6.07) is 3.71. The first-order chi connectivity index (χ1) is 6.36. The van der Waals surface area contributed by atoms with Crippen LogP contribution in [0.5, 0.6) is 11.5 Å². The second-order valence-corrected chi connectivity index (χ2v) is 5.42. The molecule has 0 aliphatic heterocycles. The summed E-state index contributed by atoms with van der Waals surface area (Å²) in [5.74, 6) is 1.15. The van der Waals surface area contributed by atoms with Gasteiger partial charge in [-0.25, -0.2) is 0 Å². The predicted octanol–water partition coefficient (Wildman–Crippen LogP) is 3.30. The second-order valence-electron chi connectivity index (χ2n) is 4.26. The summed E-state index contributed by atoms with van der Waals surface area (Å²) < 4.78 is 6.00. The number of halogens is 1. The van der Waals surface area contributed by atoms with Crippen molar-refractivity contribution in [2.45, 2.75) is 26.2 Å². The van der Waals surface area contributed by atoms with E-state index in [1.54, 1.807) is 7.11 Å². The number of benzene rings is 1. The fraction of sp³-hybridized carbons (Fsp3) is 0.455. The smallest absolute Gasteiger partial charge is 0.132 e. The molecule has 0 aliphatic carbocycles. The van der Waals surface area contributed by atoms with Crippen molar-refractivity contribution in [3.63, 3.8) is 0 Å². The maximum absolute atomic E-state index is 9.89. The lowest BCUT2D eigenvalue weighted by atomic mass is 9.86. The van der Waals surface area contributed by atoms with E-state index in [1.165, 1.54) is 0 Å². The number of rotatable bonds is 1. The van der Waals surface area contributed by atoms with Gasteiger partial charge in [0, 0.05) is 5.56 Å². The van der Waals surface area contributed by atoms with E-state index in [0.717, 1.165) is 14.9 Å². The summed E-state index contributed by atoms with van der Waals surface area (Å²) >= 11 is 2.11. The van der Waals surface area contributed by atoms with Gasteiger partial charge in [-0.05, 0) is 40.1 Å². The quantitative estimate of drug-likeness (QED) is 0.807. The van der Waals surface area contributed by atoms with Crippen molar-refractivity contribution >= 4 is 22.6 Å². The fourth-order valence-electron chi connectivity index (χ4n) is 1.26. The van der Waals surface area contributed by atoms with Gasteiger partial charge < -0.3 is 9.84 Å². The molecule has 0 aromatic heterocycles. The number of phenolic OH excluding ortho intramolecular Hbond substituents is 1. The van der Waals surface area contributed by atoms with E-state index in [4.69, 9.17) is 4.74 Å². The van der Waals surface area contributed by atoms with Crippen LogP contribution in [0.4, 0.5) is 0 Å². The highest BCUT2D eigenvalue weighted by atomic mass is 127. The number of hydrogen-bond donors (Lipinski definition) is 1. The van der Waals surface area contributed by atoms with E-state index in [-0.39, 0.29) is 5.41 Å². The highest BCUT2D eigenvalue weighted by molar-refractivity contribution is 14.1. The maximum atomic E-state index is 9.89. The van der Waals surface area contributed by atoms with Gasteiger partial charge in [-0.1, -0.05) is 20.8 Å². The van der Waals surface area contributed by atoms with Gasteiger partial charge >= 0.3 is 0 Å².